The summed E-state index contributed by atoms with van der Waals surface area (Å²) < 4.78 is 0. The number of hydrogen-bond donors (Lipinski definition) is 1. The zero-order valence-electron chi connectivity index (χ0n) is 14.5. The molecular formula is C20H25N3O. The smallest absolute Gasteiger partial charge is 0.131 e. The number of aromatic hydroxyl groups is 1. The summed E-state index contributed by atoms with van der Waals surface area (Å²) in [6, 6.07) is 7.40. The van der Waals surface area contributed by atoms with Crippen LogP contribution in [-0.4, -0.2) is 33.1 Å². The molecule has 1 aromatic heterocycles. The van der Waals surface area contributed by atoms with E-state index < -0.39 is 0 Å². The highest BCUT2D eigenvalue weighted by molar-refractivity contribution is 5.65. The normalized spacial score (nSPS) is 18.0. The highest BCUT2D eigenvalue weighted by Gasteiger charge is 2.28. The molecule has 0 saturated heterocycles. The molecule has 1 saturated carbocycles. The fraction of sp³-hybridized carbons (Fsp3) is 0.500. The van der Waals surface area contributed by atoms with Crippen molar-refractivity contribution in [2.45, 2.75) is 45.6 Å². The molecule has 0 amide bonds. The molecule has 0 atom stereocenters. The number of nitrogens with zero attached hydrogens (tertiary/aromatic N) is 3. The Morgan fingerprint density at radius 2 is 1.92 bits per heavy atom. The molecule has 0 unspecified atom stereocenters. The molecule has 2 aliphatic rings. The maximum Gasteiger partial charge on any atom is 0.131 e. The van der Waals surface area contributed by atoms with E-state index in [4.69, 9.17) is 9.97 Å². The Labute approximate surface area is 143 Å². The molecule has 4 rings (SSSR count). The van der Waals surface area contributed by atoms with Gasteiger partial charge in [0, 0.05) is 43.1 Å². The molecule has 0 bridgehead atoms. The van der Waals surface area contributed by atoms with Crippen molar-refractivity contribution >= 4 is 0 Å². The molecule has 4 nitrogen and oxygen atoms in total. The van der Waals surface area contributed by atoms with Gasteiger partial charge in [-0.3, -0.25) is 4.90 Å². The number of rotatable bonds is 4. The second-order valence-corrected chi connectivity index (χ2v) is 7.49. The van der Waals surface area contributed by atoms with Crippen molar-refractivity contribution in [2.75, 3.05) is 13.1 Å². The van der Waals surface area contributed by atoms with Crippen LogP contribution in [0.2, 0.25) is 0 Å². The van der Waals surface area contributed by atoms with Crippen LogP contribution in [0.25, 0.3) is 11.3 Å². The van der Waals surface area contributed by atoms with E-state index in [0.717, 1.165) is 42.5 Å². The minimum Gasteiger partial charge on any atom is -0.508 e. The largest absolute Gasteiger partial charge is 0.508 e. The molecule has 24 heavy (non-hydrogen) atoms. The van der Waals surface area contributed by atoms with Crippen LogP contribution in [0.5, 0.6) is 5.75 Å². The fourth-order valence-electron chi connectivity index (χ4n) is 3.43. The number of phenols is 1. The first-order valence-electron chi connectivity index (χ1n) is 9.01. The first kappa shape index (κ1) is 15.6. The summed E-state index contributed by atoms with van der Waals surface area (Å²) in [6.45, 7) is 7.54. The van der Waals surface area contributed by atoms with Gasteiger partial charge >= 0.3 is 0 Å². The Kier molecular flexibility index (Phi) is 4.01. The van der Waals surface area contributed by atoms with Gasteiger partial charge in [-0.25, -0.2) is 9.97 Å². The second kappa shape index (κ2) is 6.17. The molecule has 0 spiro atoms. The van der Waals surface area contributed by atoms with Crippen molar-refractivity contribution in [3.63, 3.8) is 0 Å². The van der Waals surface area contributed by atoms with Gasteiger partial charge in [-0.05, 0) is 43.0 Å². The van der Waals surface area contributed by atoms with Gasteiger partial charge in [0.1, 0.15) is 11.6 Å². The third-order valence-electron chi connectivity index (χ3n) is 5.03. The highest BCUT2D eigenvalue weighted by atomic mass is 16.3. The van der Waals surface area contributed by atoms with E-state index in [1.165, 1.54) is 30.6 Å². The lowest BCUT2D eigenvalue weighted by molar-refractivity contribution is 0.241. The van der Waals surface area contributed by atoms with Gasteiger partial charge in [0.25, 0.3) is 0 Å². The fourth-order valence-corrected chi connectivity index (χ4v) is 3.43. The zero-order valence-corrected chi connectivity index (χ0v) is 14.5. The van der Waals surface area contributed by atoms with E-state index in [2.05, 4.69) is 18.7 Å². The van der Waals surface area contributed by atoms with Gasteiger partial charge in [-0.2, -0.15) is 0 Å². The third-order valence-corrected chi connectivity index (χ3v) is 5.03. The lowest BCUT2D eigenvalue weighted by Crippen LogP contribution is -2.33. The summed E-state index contributed by atoms with van der Waals surface area (Å²) in [7, 11) is 0. The molecule has 2 aromatic rings. The van der Waals surface area contributed by atoms with Gasteiger partial charge in [0.15, 0.2) is 0 Å². The number of fused-ring (bicyclic) bond motifs is 1. The number of aromatic nitrogens is 2. The van der Waals surface area contributed by atoms with Crippen LogP contribution in [0, 0.1) is 5.92 Å². The van der Waals surface area contributed by atoms with Crippen molar-refractivity contribution < 1.29 is 5.11 Å². The van der Waals surface area contributed by atoms with E-state index in [0.29, 0.717) is 11.7 Å². The topological polar surface area (TPSA) is 49.3 Å². The van der Waals surface area contributed by atoms with Crippen LogP contribution in [0.15, 0.2) is 24.3 Å². The molecular weight excluding hydrogens is 298 g/mol. The van der Waals surface area contributed by atoms with Gasteiger partial charge in [-0.15, -0.1) is 0 Å². The molecule has 1 fully saturated rings. The van der Waals surface area contributed by atoms with Crippen molar-refractivity contribution in [2.24, 2.45) is 5.92 Å². The lowest BCUT2D eigenvalue weighted by atomic mass is 9.98. The van der Waals surface area contributed by atoms with Crippen molar-refractivity contribution in [1.82, 2.24) is 14.9 Å². The maximum atomic E-state index is 9.59. The third kappa shape index (κ3) is 3.16. The predicted molar refractivity (Wildman–Crippen MR) is 94.9 cm³/mol. The van der Waals surface area contributed by atoms with Crippen LogP contribution in [0.1, 0.15) is 49.7 Å². The van der Waals surface area contributed by atoms with E-state index >= 15 is 0 Å². The van der Waals surface area contributed by atoms with Crippen LogP contribution < -0.4 is 0 Å². The Bertz CT molecular complexity index is 735. The molecule has 2 heterocycles. The highest BCUT2D eigenvalue weighted by Crippen LogP contribution is 2.34. The maximum absolute atomic E-state index is 9.59. The summed E-state index contributed by atoms with van der Waals surface area (Å²) in [5.74, 6) is 2.43. The minimum absolute atomic E-state index is 0.293. The molecule has 0 radical (unpaired) electrons. The van der Waals surface area contributed by atoms with Crippen molar-refractivity contribution in [3.05, 3.63) is 41.3 Å². The van der Waals surface area contributed by atoms with Crippen LogP contribution >= 0.6 is 0 Å². The van der Waals surface area contributed by atoms with E-state index in [9.17, 15) is 5.11 Å². The quantitative estimate of drug-likeness (QED) is 0.931. The molecule has 4 heteroatoms. The summed E-state index contributed by atoms with van der Waals surface area (Å²) in [5, 5.41) is 9.59. The monoisotopic (exact) mass is 323 g/mol. The van der Waals surface area contributed by atoms with E-state index in [1.54, 1.807) is 12.1 Å². The Morgan fingerprint density at radius 1 is 1.17 bits per heavy atom. The van der Waals surface area contributed by atoms with Gasteiger partial charge in [0.05, 0.1) is 11.4 Å². The Morgan fingerprint density at radius 3 is 2.58 bits per heavy atom. The molecule has 1 aliphatic heterocycles. The Balaban J connectivity index is 1.74. The molecule has 1 aliphatic carbocycles. The van der Waals surface area contributed by atoms with Gasteiger partial charge in [-0.1, -0.05) is 13.8 Å². The number of phenolic OH excluding ortho intramolecular Hbond substituents is 1. The lowest BCUT2D eigenvalue weighted by Gasteiger charge is -2.30. The number of benzene rings is 1. The van der Waals surface area contributed by atoms with Crippen molar-refractivity contribution in [1.29, 1.82) is 0 Å². The molecule has 1 N–H and O–H groups in total. The average Bonchev–Trinajstić information content (AvgIpc) is 3.38. The van der Waals surface area contributed by atoms with Crippen LogP contribution in [-0.2, 0) is 13.0 Å². The first-order valence-corrected chi connectivity index (χ1v) is 9.01. The number of hydrogen-bond acceptors (Lipinski definition) is 4. The second-order valence-electron chi connectivity index (χ2n) is 7.49. The van der Waals surface area contributed by atoms with E-state index in [-0.39, 0.29) is 0 Å². The Hall–Kier alpha value is -1.94. The predicted octanol–water partition coefficient (Wildman–Crippen LogP) is 3.74. The molecule has 126 valence electrons. The van der Waals surface area contributed by atoms with Crippen molar-refractivity contribution in [3.8, 4) is 17.0 Å². The van der Waals surface area contributed by atoms with Gasteiger partial charge < -0.3 is 5.11 Å². The standard InChI is InChI=1S/C20H25N3O/c1-13(2)20-21-18-9-10-23(11-14-3-4-14)12-17(18)19(22-20)15-5-7-16(24)8-6-15/h5-8,13-14,24H,3-4,9-12H2,1-2H3. The summed E-state index contributed by atoms with van der Waals surface area (Å²) >= 11 is 0. The zero-order chi connectivity index (χ0) is 16.7. The summed E-state index contributed by atoms with van der Waals surface area (Å²) in [6.07, 6.45) is 3.78. The average molecular weight is 323 g/mol. The van der Waals surface area contributed by atoms with Crippen LogP contribution in [0.3, 0.4) is 0 Å². The van der Waals surface area contributed by atoms with Gasteiger partial charge in [0.2, 0.25) is 0 Å². The summed E-state index contributed by atoms with van der Waals surface area (Å²) in [5.41, 5.74) is 4.60. The summed E-state index contributed by atoms with van der Waals surface area (Å²) in [4.78, 5) is 12.3. The van der Waals surface area contributed by atoms with E-state index in [1.807, 2.05) is 12.1 Å². The van der Waals surface area contributed by atoms with Crippen LogP contribution in [0.4, 0.5) is 0 Å². The first-order chi connectivity index (χ1) is 11.6. The SMILES string of the molecule is CC(C)c1nc2c(c(-c3ccc(O)cc3)n1)CN(CC1CC1)CC2. The minimum atomic E-state index is 0.293. The molecule has 1 aromatic carbocycles.